The number of rotatable bonds is 5. The molecule has 0 aromatic heterocycles. The van der Waals surface area contributed by atoms with Crippen molar-refractivity contribution in [1.29, 1.82) is 0 Å². The van der Waals surface area contributed by atoms with Crippen LogP contribution in [0.15, 0.2) is 127 Å². The van der Waals surface area contributed by atoms with E-state index in [2.05, 4.69) is 146 Å². The summed E-state index contributed by atoms with van der Waals surface area (Å²) in [5, 5.41) is 0. The Kier molecular flexibility index (Phi) is 5.99. The lowest BCUT2D eigenvalue weighted by Gasteiger charge is -2.21. The van der Waals surface area contributed by atoms with Crippen molar-refractivity contribution in [2.24, 2.45) is 0 Å². The van der Waals surface area contributed by atoms with E-state index >= 15 is 0 Å². The zero-order valence-electron chi connectivity index (χ0n) is 18.8. The van der Waals surface area contributed by atoms with Gasteiger partial charge in [-0.15, -0.1) is 0 Å². The van der Waals surface area contributed by atoms with Gasteiger partial charge in [-0.1, -0.05) is 140 Å². The Bertz CT molecular complexity index is 1360. The van der Waals surface area contributed by atoms with Crippen molar-refractivity contribution in [2.45, 2.75) is 6.92 Å². The summed E-state index contributed by atoms with van der Waals surface area (Å²) in [6.07, 6.45) is 4.46. The first-order valence-electron chi connectivity index (χ1n) is 11.4. The van der Waals surface area contributed by atoms with E-state index in [0.717, 1.165) is 0 Å². The molecule has 0 nitrogen and oxygen atoms in total. The Morgan fingerprint density at radius 2 is 0.848 bits per heavy atom. The molecule has 0 aliphatic heterocycles. The SMILES string of the molecule is Cc1cc(C=Cc2ccccc2)c(-c2ccccc2)c(-c2ccccc2)c1-c1ccccc1. The molecule has 0 N–H and O–H groups in total. The van der Waals surface area contributed by atoms with Gasteiger partial charge >= 0.3 is 0 Å². The normalized spacial score (nSPS) is 11.1. The zero-order chi connectivity index (χ0) is 22.5. The van der Waals surface area contributed by atoms with Gasteiger partial charge in [0.15, 0.2) is 0 Å². The van der Waals surface area contributed by atoms with Crippen molar-refractivity contribution in [2.75, 3.05) is 0 Å². The van der Waals surface area contributed by atoms with E-state index in [1.54, 1.807) is 0 Å². The van der Waals surface area contributed by atoms with E-state index < -0.39 is 0 Å². The molecule has 0 spiro atoms. The molecular weight excluding hydrogens is 396 g/mol. The van der Waals surface area contributed by atoms with Gasteiger partial charge in [-0.3, -0.25) is 0 Å². The molecule has 0 unspecified atom stereocenters. The molecule has 0 aliphatic rings. The first-order chi connectivity index (χ1) is 16.3. The Morgan fingerprint density at radius 3 is 1.36 bits per heavy atom. The van der Waals surface area contributed by atoms with Crippen LogP contribution in [-0.2, 0) is 0 Å². The summed E-state index contributed by atoms with van der Waals surface area (Å²) in [6.45, 7) is 2.23. The number of hydrogen-bond acceptors (Lipinski definition) is 0. The smallest absolute Gasteiger partial charge is 0.00181 e. The van der Waals surface area contributed by atoms with Crippen LogP contribution in [0, 0.1) is 6.92 Å². The average molecular weight is 423 g/mol. The maximum atomic E-state index is 2.33. The van der Waals surface area contributed by atoms with Crippen LogP contribution in [0.25, 0.3) is 45.5 Å². The van der Waals surface area contributed by atoms with E-state index in [-0.39, 0.29) is 0 Å². The second kappa shape index (κ2) is 9.54. The van der Waals surface area contributed by atoms with Gasteiger partial charge in [0, 0.05) is 0 Å². The zero-order valence-corrected chi connectivity index (χ0v) is 18.8. The molecule has 5 aromatic rings. The predicted molar refractivity (Wildman–Crippen MR) is 143 cm³/mol. The molecular formula is C33H26. The van der Waals surface area contributed by atoms with Crippen molar-refractivity contribution >= 4 is 12.2 Å². The van der Waals surface area contributed by atoms with Crippen molar-refractivity contribution in [3.63, 3.8) is 0 Å². The lowest BCUT2D eigenvalue weighted by atomic mass is 9.82. The van der Waals surface area contributed by atoms with Crippen LogP contribution in [-0.4, -0.2) is 0 Å². The number of aryl methyl sites for hydroxylation is 1. The molecule has 0 radical (unpaired) electrons. The van der Waals surface area contributed by atoms with Crippen molar-refractivity contribution < 1.29 is 0 Å². The molecule has 0 heterocycles. The average Bonchev–Trinajstić information content (AvgIpc) is 2.89. The van der Waals surface area contributed by atoms with Gasteiger partial charge < -0.3 is 0 Å². The monoisotopic (exact) mass is 422 g/mol. The Hall–Kier alpha value is -4.16. The minimum atomic E-state index is 1.20. The molecule has 0 bridgehead atoms. The molecule has 5 rings (SSSR count). The third-order valence-corrected chi connectivity index (χ3v) is 6.00. The first-order valence-corrected chi connectivity index (χ1v) is 11.4. The molecule has 0 heteroatoms. The quantitative estimate of drug-likeness (QED) is 0.248. The topological polar surface area (TPSA) is 0 Å². The minimum absolute atomic E-state index is 1.20. The summed E-state index contributed by atoms with van der Waals surface area (Å²) >= 11 is 0. The summed E-state index contributed by atoms with van der Waals surface area (Å²) in [7, 11) is 0. The van der Waals surface area contributed by atoms with Gasteiger partial charge in [-0.2, -0.15) is 0 Å². The van der Waals surface area contributed by atoms with Gasteiger partial charge in [0.2, 0.25) is 0 Å². The van der Waals surface area contributed by atoms with E-state index in [1.165, 1.54) is 50.1 Å². The molecule has 0 amide bonds. The highest BCUT2D eigenvalue weighted by atomic mass is 14.2. The molecule has 0 aliphatic carbocycles. The van der Waals surface area contributed by atoms with Crippen molar-refractivity contribution in [3.05, 3.63) is 144 Å². The van der Waals surface area contributed by atoms with Gasteiger partial charge in [0.05, 0.1) is 0 Å². The van der Waals surface area contributed by atoms with Gasteiger partial charge in [-0.05, 0) is 57.0 Å². The molecule has 158 valence electrons. The van der Waals surface area contributed by atoms with Crippen LogP contribution in [0.1, 0.15) is 16.7 Å². The molecule has 0 fully saturated rings. The van der Waals surface area contributed by atoms with E-state index in [4.69, 9.17) is 0 Å². The minimum Gasteiger partial charge on any atom is -0.0622 e. The van der Waals surface area contributed by atoms with Gasteiger partial charge in [0.25, 0.3) is 0 Å². The summed E-state index contributed by atoms with van der Waals surface area (Å²) < 4.78 is 0. The number of hydrogen-bond donors (Lipinski definition) is 0. The molecule has 0 saturated heterocycles. The van der Waals surface area contributed by atoms with E-state index in [9.17, 15) is 0 Å². The molecule has 0 saturated carbocycles. The maximum absolute atomic E-state index is 2.33. The number of benzene rings is 5. The van der Waals surface area contributed by atoms with E-state index in [1.807, 2.05) is 0 Å². The van der Waals surface area contributed by atoms with Crippen LogP contribution in [0.2, 0.25) is 0 Å². The Balaban J connectivity index is 1.85. The lowest BCUT2D eigenvalue weighted by Crippen LogP contribution is -1.97. The van der Waals surface area contributed by atoms with Crippen LogP contribution in [0.5, 0.6) is 0 Å². The highest BCUT2D eigenvalue weighted by Crippen LogP contribution is 2.44. The largest absolute Gasteiger partial charge is 0.0622 e. The molecule has 33 heavy (non-hydrogen) atoms. The summed E-state index contributed by atoms with van der Waals surface area (Å²) in [5.41, 5.74) is 11.2. The Morgan fingerprint density at radius 1 is 0.424 bits per heavy atom. The fraction of sp³-hybridized carbons (Fsp3) is 0.0303. The predicted octanol–water partition coefficient (Wildman–Crippen LogP) is 9.17. The second-order valence-electron chi connectivity index (χ2n) is 8.25. The van der Waals surface area contributed by atoms with Gasteiger partial charge in [-0.25, -0.2) is 0 Å². The van der Waals surface area contributed by atoms with Crippen molar-refractivity contribution in [3.8, 4) is 33.4 Å². The van der Waals surface area contributed by atoms with Crippen LogP contribution < -0.4 is 0 Å². The highest BCUT2D eigenvalue weighted by molar-refractivity contribution is 6.00. The Labute approximate surface area is 196 Å². The first kappa shape index (κ1) is 20.7. The third-order valence-electron chi connectivity index (χ3n) is 6.00. The summed E-state index contributed by atoms with van der Waals surface area (Å²) in [6, 6.07) is 45.1. The summed E-state index contributed by atoms with van der Waals surface area (Å²) in [4.78, 5) is 0. The summed E-state index contributed by atoms with van der Waals surface area (Å²) in [5.74, 6) is 0. The van der Waals surface area contributed by atoms with Gasteiger partial charge in [0.1, 0.15) is 0 Å². The third kappa shape index (κ3) is 4.42. The van der Waals surface area contributed by atoms with E-state index in [0.29, 0.717) is 0 Å². The van der Waals surface area contributed by atoms with Crippen LogP contribution in [0.3, 0.4) is 0 Å². The lowest BCUT2D eigenvalue weighted by molar-refractivity contribution is 1.43. The molecule has 0 atom stereocenters. The second-order valence-corrected chi connectivity index (χ2v) is 8.25. The maximum Gasteiger partial charge on any atom is -0.00181 e. The fourth-order valence-corrected chi connectivity index (χ4v) is 4.51. The highest BCUT2D eigenvalue weighted by Gasteiger charge is 2.19. The molecule has 5 aromatic carbocycles. The fourth-order valence-electron chi connectivity index (χ4n) is 4.51. The van der Waals surface area contributed by atoms with Crippen LogP contribution >= 0.6 is 0 Å². The van der Waals surface area contributed by atoms with Crippen LogP contribution in [0.4, 0.5) is 0 Å². The van der Waals surface area contributed by atoms with Crippen molar-refractivity contribution in [1.82, 2.24) is 0 Å². The standard InChI is InChI=1S/C33H26/c1-25-24-30(23-22-26-14-6-2-7-15-26)32(28-18-10-4-11-19-28)33(29-20-12-5-13-21-29)31(25)27-16-8-3-9-17-27/h2-24H,1H3.